The number of benzene rings is 2. The van der Waals surface area contributed by atoms with Gasteiger partial charge in [0.25, 0.3) is 10.1 Å². The van der Waals surface area contributed by atoms with Gasteiger partial charge >= 0.3 is 0 Å². The van der Waals surface area contributed by atoms with E-state index in [1.54, 1.807) is 30.3 Å². The molecule has 0 aliphatic heterocycles. The summed E-state index contributed by atoms with van der Waals surface area (Å²) >= 11 is 0. The van der Waals surface area contributed by atoms with E-state index in [0.717, 1.165) is 5.56 Å². The second kappa shape index (κ2) is 11.9. The summed E-state index contributed by atoms with van der Waals surface area (Å²) in [5.74, 6) is 0.615. The van der Waals surface area contributed by atoms with Gasteiger partial charge in [-0.05, 0) is 60.6 Å². The highest BCUT2D eigenvalue weighted by Gasteiger charge is 2.26. The molecule has 0 aromatic heterocycles. The molecule has 2 aromatic carbocycles. The lowest BCUT2D eigenvalue weighted by atomic mass is 9.91. The first-order chi connectivity index (χ1) is 14.7. The molecule has 0 saturated heterocycles. The highest BCUT2D eigenvalue weighted by molar-refractivity contribution is 7.86. The van der Waals surface area contributed by atoms with Crippen LogP contribution in [0.2, 0.25) is 0 Å². The molecule has 2 aromatic rings. The van der Waals surface area contributed by atoms with Crippen LogP contribution in [0.5, 0.6) is 11.5 Å². The standard InChI is InChI=1S/C23H30O7S/c1-2-17(18-8-12-21(13-9-18)30-15-14-24)16-22(31(27,28)29)4-3-5-23(26)19-6-10-20(25)11-7-19/h3,5-13,17,22-26H,2,4,14-16H2,1H3,(H,27,28,29)/b5-3+/t17-,22+,23-/m1/s1. The predicted octanol–water partition coefficient (Wildman–Crippen LogP) is 3.58. The van der Waals surface area contributed by atoms with Gasteiger partial charge in [-0.15, -0.1) is 0 Å². The van der Waals surface area contributed by atoms with Crippen LogP contribution in [0.25, 0.3) is 0 Å². The molecule has 0 aliphatic carbocycles. The van der Waals surface area contributed by atoms with E-state index in [1.165, 1.54) is 18.2 Å². The van der Waals surface area contributed by atoms with E-state index < -0.39 is 21.5 Å². The number of allylic oxidation sites excluding steroid dienone is 1. The number of phenols is 1. The van der Waals surface area contributed by atoms with E-state index in [0.29, 0.717) is 17.7 Å². The summed E-state index contributed by atoms with van der Waals surface area (Å²) in [6, 6.07) is 13.3. The van der Waals surface area contributed by atoms with Gasteiger partial charge in [-0.25, -0.2) is 0 Å². The van der Waals surface area contributed by atoms with Gasteiger partial charge < -0.3 is 20.1 Å². The summed E-state index contributed by atoms with van der Waals surface area (Å²) in [5.41, 5.74) is 1.49. The molecule has 3 atom stereocenters. The Morgan fingerprint density at radius 2 is 1.65 bits per heavy atom. The summed E-state index contributed by atoms with van der Waals surface area (Å²) in [6.07, 6.45) is 3.04. The molecule has 0 spiro atoms. The molecule has 2 rings (SSSR count). The molecule has 0 heterocycles. The van der Waals surface area contributed by atoms with Crippen molar-refractivity contribution in [1.82, 2.24) is 0 Å². The van der Waals surface area contributed by atoms with Crippen LogP contribution in [0.15, 0.2) is 60.7 Å². The maximum atomic E-state index is 12.0. The first-order valence-electron chi connectivity index (χ1n) is 10.2. The minimum atomic E-state index is -4.28. The van der Waals surface area contributed by atoms with E-state index in [1.807, 2.05) is 19.1 Å². The van der Waals surface area contributed by atoms with Crippen molar-refractivity contribution in [3.05, 3.63) is 71.8 Å². The van der Waals surface area contributed by atoms with Crippen LogP contribution in [0.3, 0.4) is 0 Å². The average Bonchev–Trinajstić information content (AvgIpc) is 2.74. The minimum Gasteiger partial charge on any atom is -0.508 e. The first-order valence-corrected chi connectivity index (χ1v) is 11.7. The first kappa shape index (κ1) is 24.9. The zero-order valence-corrected chi connectivity index (χ0v) is 18.3. The highest BCUT2D eigenvalue weighted by Crippen LogP contribution is 2.30. The third-order valence-corrected chi connectivity index (χ3v) is 6.35. The topological polar surface area (TPSA) is 124 Å². The Labute approximate surface area is 183 Å². The lowest BCUT2D eigenvalue weighted by Crippen LogP contribution is -2.22. The number of ether oxygens (including phenoxy) is 1. The summed E-state index contributed by atoms with van der Waals surface area (Å²) in [5, 5.41) is 27.4. The molecule has 0 amide bonds. The Balaban J connectivity index is 2.06. The number of phenolic OH excluding ortho intramolecular Hbond substituents is 1. The van der Waals surface area contributed by atoms with Gasteiger partial charge in [-0.1, -0.05) is 43.3 Å². The molecule has 170 valence electrons. The Kier molecular flexibility index (Phi) is 9.51. The van der Waals surface area contributed by atoms with Gasteiger partial charge in [-0.3, -0.25) is 4.55 Å². The molecule has 0 bridgehead atoms. The van der Waals surface area contributed by atoms with Crippen molar-refractivity contribution in [2.45, 2.75) is 43.5 Å². The van der Waals surface area contributed by atoms with Crippen molar-refractivity contribution in [2.24, 2.45) is 0 Å². The number of hydrogen-bond donors (Lipinski definition) is 4. The third kappa shape index (κ3) is 7.99. The lowest BCUT2D eigenvalue weighted by molar-refractivity contribution is 0.201. The number of aliphatic hydroxyl groups excluding tert-OH is 2. The zero-order valence-electron chi connectivity index (χ0n) is 17.5. The maximum absolute atomic E-state index is 12.0. The smallest absolute Gasteiger partial charge is 0.268 e. The van der Waals surface area contributed by atoms with Crippen molar-refractivity contribution in [2.75, 3.05) is 13.2 Å². The molecule has 0 saturated carbocycles. The molecule has 0 unspecified atom stereocenters. The monoisotopic (exact) mass is 450 g/mol. The normalized spacial score (nSPS) is 15.0. The predicted molar refractivity (Wildman–Crippen MR) is 119 cm³/mol. The van der Waals surface area contributed by atoms with Crippen LogP contribution in [-0.2, 0) is 10.1 Å². The summed E-state index contributed by atoms with van der Waals surface area (Å²) in [7, 11) is -4.28. The van der Waals surface area contributed by atoms with E-state index in [2.05, 4.69) is 0 Å². The summed E-state index contributed by atoms with van der Waals surface area (Å²) in [4.78, 5) is 0. The van der Waals surface area contributed by atoms with E-state index in [9.17, 15) is 23.2 Å². The van der Waals surface area contributed by atoms with Crippen LogP contribution < -0.4 is 4.74 Å². The number of aromatic hydroxyl groups is 1. The fourth-order valence-electron chi connectivity index (χ4n) is 3.34. The van der Waals surface area contributed by atoms with Crippen molar-refractivity contribution < 1.29 is 33.0 Å². The second-order valence-corrected chi connectivity index (χ2v) is 9.02. The summed E-state index contributed by atoms with van der Waals surface area (Å²) < 4.78 is 39.0. The van der Waals surface area contributed by atoms with Gasteiger partial charge in [0.15, 0.2) is 0 Å². The largest absolute Gasteiger partial charge is 0.508 e. The molecule has 7 nitrogen and oxygen atoms in total. The van der Waals surface area contributed by atoms with Crippen LogP contribution in [-0.4, -0.2) is 46.8 Å². The minimum absolute atomic E-state index is 0.0577. The van der Waals surface area contributed by atoms with Gasteiger partial charge in [0, 0.05) is 0 Å². The van der Waals surface area contributed by atoms with Crippen molar-refractivity contribution in [1.29, 1.82) is 0 Å². The van der Waals surface area contributed by atoms with Crippen molar-refractivity contribution in [3.8, 4) is 11.5 Å². The third-order valence-electron chi connectivity index (χ3n) is 5.12. The molecule has 0 radical (unpaired) electrons. The Hall–Kier alpha value is -2.39. The molecular formula is C23H30O7S. The number of hydrogen-bond acceptors (Lipinski definition) is 6. The van der Waals surface area contributed by atoms with Crippen LogP contribution in [0, 0.1) is 0 Å². The highest BCUT2D eigenvalue weighted by atomic mass is 32.2. The van der Waals surface area contributed by atoms with Crippen LogP contribution >= 0.6 is 0 Å². The number of rotatable bonds is 12. The van der Waals surface area contributed by atoms with E-state index in [4.69, 9.17) is 9.84 Å². The molecule has 0 aliphatic rings. The quantitative estimate of drug-likeness (QED) is 0.288. The lowest BCUT2D eigenvalue weighted by Gasteiger charge is -2.21. The van der Waals surface area contributed by atoms with Gasteiger partial charge in [-0.2, -0.15) is 8.42 Å². The fraction of sp³-hybridized carbons (Fsp3) is 0.391. The van der Waals surface area contributed by atoms with Crippen LogP contribution in [0.1, 0.15) is 49.3 Å². The van der Waals surface area contributed by atoms with E-state index >= 15 is 0 Å². The molecular weight excluding hydrogens is 420 g/mol. The molecule has 31 heavy (non-hydrogen) atoms. The Bertz CT molecular complexity index is 921. The van der Waals surface area contributed by atoms with Crippen molar-refractivity contribution >= 4 is 10.1 Å². The molecule has 8 heteroatoms. The van der Waals surface area contributed by atoms with Crippen molar-refractivity contribution in [3.63, 3.8) is 0 Å². The fourth-order valence-corrected chi connectivity index (χ4v) is 4.17. The second-order valence-electron chi connectivity index (χ2n) is 7.32. The zero-order chi connectivity index (χ0) is 22.9. The van der Waals surface area contributed by atoms with Gasteiger partial charge in [0.05, 0.1) is 18.0 Å². The molecule has 4 N–H and O–H groups in total. The maximum Gasteiger partial charge on any atom is 0.268 e. The van der Waals surface area contributed by atoms with E-state index in [-0.39, 0.29) is 37.7 Å². The Morgan fingerprint density at radius 3 is 2.19 bits per heavy atom. The summed E-state index contributed by atoms with van der Waals surface area (Å²) in [6.45, 7) is 2.07. The number of aliphatic hydroxyl groups is 2. The van der Waals surface area contributed by atoms with Gasteiger partial charge in [0.2, 0.25) is 0 Å². The SMILES string of the molecule is CC[C@H](C[C@H](C/C=C/[C@@H](O)c1ccc(O)cc1)S(=O)(=O)O)c1ccc(OCCO)cc1. The Morgan fingerprint density at radius 1 is 1.03 bits per heavy atom. The van der Waals surface area contributed by atoms with Crippen LogP contribution in [0.4, 0.5) is 0 Å². The van der Waals surface area contributed by atoms with Gasteiger partial charge in [0.1, 0.15) is 18.1 Å². The average molecular weight is 451 g/mol. The molecule has 0 fully saturated rings.